The van der Waals surface area contributed by atoms with Crippen LogP contribution in [0.3, 0.4) is 0 Å². The van der Waals surface area contributed by atoms with E-state index in [0.717, 1.165) is 94.0 Å². The summed E-state index contributed by atoms with van der Waals surface area (Å²) in [7, 11) is -3.36. The average molecular weight is 1130 g/mol. The first-order valence-corrected chi connectivity index (χ1v) is 34.3. The molecule has 0 saturated carbocycles. The van der Waals surface area contributed by atoms with Gasteiger partial charge in [-0.25, -0.2) is 9.97 Å². The minimum absolute atomic E-state index is 0.0746. The molecular formula is C63H117N10O5P. The van der Waals surface area contributed by atoms with Crippen LogP contribution < -0.4 is 38.1 Å². The van der Waals surface area contributed by atoms with Crippen molar-refractivity contribution in [2.24, 2.45) is 5.73 Å². The Balaban J connectivity index is 1.48. The van der Waals surface area contributed by atoms with Crippen molar-refractivity contribution in [3.8, 4) is 0 Å². The van der Waals surface area contributed by atoms with E-state index >= 15 is 0 Å². The maximum absolute atomic E-state index is 14.3. The van der Waals surface area contributed by atoms with Gasteiger partial charge in [0, 0.05) is 31.4 Å². The molecule has 16 heteroatoms. The van der Waals surface area contributed by atoms with Gasteiger partial charge in [-0.15, -0.1) is 0 Å². The maximum atomic E-state index is 14.3. The molecule has 0 unspecified atom stereocenters. The number of nitrogens with zero attached hydrogens (tertiary/aromatic N) is 3. The lowest BCUT2D eigenvalue weighted by Gasteiger charge is -2.21. The van der Waals surface area contributed by atoms with Gasteiger partial charge in [0.2, 0.25) is 11.8 Å². The van der Waals surface area contributed by atoms with Crippen LogP contribution >= 0.6 is 7.60 Å². The van der Waals surface area contributed by atoms with E-state index in [4.69, 9.17) is 20.5 Å². The first-order valence-electron chi connectivity index (χ1n) is 32.6. The van der Waals surface area contributed by atoms with Gasteiger partial charge in [-0.3, -0.25) is 14.2 Å². The lowest BCUT2D eigenvalue weighted by atomic mass is 10.0. The third-order valence-electron chi connectivity index (χ3n) is 15.3. The number of anilines is 1. The van der Waals surface area contributed by atoms with Crippen LogP contribution in [0.25, 0.3) is 21.9 Å². The summed E-state index contributed by atoms with van der Waals surface area (Å²) in [6, 6.07) is 7.30. The van der Waals surface area contributed by atoms with Crippen LogP contribution in [-0.2, 0) is 29.7 Å². The molecule has 0 saturated heterocycles. The van der Waals surface area contributed by atoms with Crippen LogP contribution in [0.2, 0.25) is 0 Å². The molecule has 0 bridgehead atoms. The number of nitrogen functional groups attached to an aromatic ring is 1. The minimum Gasteiger partial charge on any atom is -0.382 e. The number of para-hydroxylation sites is 1. The SMILES string of the molecule is CCCCCCCCCCCCCCCCOP(=O)(CCCN[C@@H](CCC(=O)NCCCNCCCCNCCCN)C(=O)NCCCn1cnc2c(N)nc3ccccc3c21)OCCCCCCCCCCCCCCCC. The Kier molecular flexibility index (Phi) is 42.9. The zero-order valence-electron chi connectivity index (χ0n) is 50.4. The molecule has 2 aromatic heterocycles. The van der Waals surface area contributed by atoms with Crippen LogP contribution in [0.15, 0.2) is 30.6 Å². The fourth-order valence-corrected chi connectivity index (χ4v) is 12.1. The molecule has 1 aromatic carbocycles. The Morgan fingerprint density at radius 2 is 1.08 bits per heavy atom. The molecule has 0 aliphatic rings. The lowest BCUT2D eigenvalue weighted by molar-refractivity contribution is -0.124. The number of hydrogen-bond acceptors (Lipinski definition) is 12. The molecule has 454 valence electrons. The first kappa shape index (κ1) is 70.1. The topological polar surface area (TPSA) is 213 Å². The number of nitrogens with one attached hydrogen (secondary N) is 5. The molecule has 0 aliphatic heterocycles. The molecular weight excluding hydrogens is 1010 g/mol. The van der Waals surface area contributed by atoms with Crippen molar-refractivity contribution >= 4 is 47.2 Å². The molecule has 3 rings (SSSR count). The monoisotopic (exact) mass is 1120 g/mol. The van der Waals surface area contributed by atoms with Crippen LogP contribution in [0.1, 0.15) is 245 Å². The Hall–Kier alpha value is -3.17. The number of rotatable bonds is 57. The standard InChI is InChI=1S/C63H117N10O5P/c1-3-5-7-9-11-13-15-17-19-21-23-25-27-33-52-77-79(76,78-53-34-28-26-24-22-20-18-16-14-12-10-8-6-4-2)54-38-50-68-58(41-42-59(74)69-48-36-47-67-45-32-31-44-66-46-35-43-64)63(75)70-49-37-51-73-55-71-60-61(73)56-39-29-30-40-57(56)72-62(60)65/h29-30,39-40,55,58,66-68H,3-28,31-38,41-54,64H2,1-2H3,(H2,65,72)(H,69,74)(H,70,75)/t58-/m0/s1. The normalized spacial score (nSPS) is 12.3. The smallest absolute Gasteiger partial charge is 0.330 e. The van der Waals surface area contributed by atoms with Crippen molar-refractivity contribution in [1.29, 1.82) is 0 Å². The maximum Gasteiger partial charge on any atom is 0.330 e. The van der Waals surface area contributed by atoms with E-state index in [9.17, 15) is 14.2 Å². The van der Waals surface area contributed by atoms with E-state index in [-0.39, 0.29) is 24.4 Å². The molecule has 0 spiro atoms. The summed E-state index contributed by atoms with van der Waals surface area (Å²) >= 11 is 0. The van der Waals surface area contributed by atoms with E-state index in [1.165, 1.54) is 154 Å². The van der Waals surface area contributed by atoms with E-state index in [1.807, 2.05) is 24.3 Å². The van der Waals surface area contributed by atoms with Crippen LogP contribution in [0.4, 0.5) is 5.82 Å². The lowest BCUT2D eigenvalue weighted by Crippen LogP contribution is -2.45. The third kappa shape index (κ3) is 34.8. The number of hydrogen-bond donors (Lipinski definition) is 7. The van der Waals surface area contributed by atoms with Crippen molar-refractivity contribution in [1.82, 2.24) is 41.1 Å². The number of aryl methyl sites for hydroxylation is 1. The third-order valence-corrected chi connectivity index (χ3v) is 17.3. The largest absolute Gasteiger partial charge is 0.382 e. The van der Waals surface area contributed by atoms with Gasteiger partial charge in [0.1, 0.15) is 5.52 Å². The molecule has 3 aromatic rings. The molecule has 9 N–H and O–H groups in total. The number of imidazole rings is 1. The van der Waals surface area contributed by atoms with Crippen molar-refractivity contribution < 1.29 is 23.2 Å². The highest BCUT2D eigenvalue weighted by Crippen LogP contribution is 2.49. The highest BCUT2D eigenvalue weighted by atomic mass is 31.2. The van der Waals surface area contributed by atoms with Gasteiger partial charge in [-0.05, 0) is 103 Å². The van der Waals surface area contributed by atoms with Crippen LogP contribution in [0.5, 0.6) is 0 Å². The number of carbonyl (C=O) groups is 2. The molecule has 2 amide bonds. The van der Waals surface area contributed by atoms with Crippen molar-refractivity contribution in [2.75, 3.05) is 77.5 Å². The molecule has 1 atom stereocenters. The summed E-state index contributed by atoms with van der Waals surface area (Å²) in [6.07, 6.45) is 43.6. The Bertz CT molecular complexity index is 1950. The van der Waals surface area contributed by atoms with Gasteiger partial charge < -0.3 is 51.7 Å². The molecule has 15 nitrogen and oxygen atoms in total. The number of pyridine rings is 1. The molecule has 0 radical (unpaired) electrons. The van der Waals surface area contributed by atoms with Crippen LogP contribution in [0, 0.1) is 0 Å². The summed E-state index contributed by atoms with van der Waals surface area (Å²) in [4.78, 5) is 36.1. The van der Waals surface area contributed by atoms with Gasteiger partial charge >= 0.3 is 7.60 Å². The van der Waals surface area contributed by atoms with E-state index in [2.05, 4.69) is 55.0 Å². The van der Waals surface area contributed by atoms with Gasteiger partial charge in [-0.2, -0.15) is 0 Å². The van der Waals surface area contributed by atoms with E-state index in [1.54, 1.807) is 6.33 Å². The first-order chi connectivity index (χ1) is 38.8. The Morgan fingerprint density at radius 3 is 1.62 bits per heavy atom. The number of nitrogens with two attached hydrogens (primary N) is 2. The predicted octanol–water partition coefficient (Wildman–Crippen LogP) is 13.8. The molecule has 0 fully saturated rings. The van der Waals surface area contributed by atoms with E-state index < -0.39 is 13.6 Å². The number of aromatic nitrogens is 3. The summed E-state index contributed by atoms with van der Waals surface area (Å²) in [5.74, 6) is 0.162. The Labute approximate surface area is 480 Å². The van der Waals surface area contributed by atoms with Gasteiger partial charge in [-0.1, -0.05) is 199 Å². The summed E-state index contributed by atoms with van der Waals surface area (Å²) in [5.41, 5.74) is 14.3. The molecule has 0 aliphatic carbocycles. The second-order valence-electron chi connectivity index (χ2n) is 22.4. The second kappa shape index (κ2) is 48.4. The van der Waals surface area contributed by atoms with Gasteiger partial charge in [0.05, 0.1) is 42.8 Å². The number of amides is 2. The van der Waals surface area contributed by atoms with Gasteiger partial charge in [0.15, 0.2) is 5.82 Å². The number of fused-ring (bicyclic) bond motifs is 3. The second-order valence-corrected chi connectivity index (χ2v) is 24.6. The van der Waals surface area contributed by atoms with Gasteiger partial charge in [0.25, 0.3) is 0 Å². The fourth-order valence-electron chi connectivity index (χ4n) is 10.4. The van der Waals surface area contributed by atoms with Crippen molar-refractivity contribution in [3.63, 3.8) is 0 Å². The quantitative estimate of drug-likeness (QED) is 0.0208. The van der Waals surface area contributed by atoms with Crippen molar-refractivity contribution in [3.05, 3.63) is 30.6 Å². The number of unbranched alkanes of at least 4 members (excludes halogenated alkanes) is 27. The zero-order valence-corrected chi connectivity index (χ0v) is 51.3. The van der Waals surface area contributed by atoms with E-state index in [0.29, 0.717) is 76.5 Å². The highest BCUT2D eigenvalue weighted by Gasteiger charge is 2.25. The minimum atomic E-state index is -3.36. The number of benzene rings is 1. The molecule has 2 heterocycles. The molecule has 79 heavy (non-hydrogen) atoms. The highest BCUT2D eigenvalue weighted by molar-refractivity contribution is 7.53. The fraction of sp³-hybridized carbons (Fsp3) is 0.810. The number of carbonyl (C=O) groups excluding carboxylic acids is 2. The Morgan fingerprint density at radius 1 is 0.582 bits per heavy atom. The predicted molar refractivity (Wildman–Crippen MR) is 334 cm³/mol. The van der Waals surface area contributed by atoms with Crippen LogP contribution in [-0.4, -0.2) is 104 Å². The average Bonchev–Trinajstić information content (AvgIpc) is 4.00. The summed E-state index contributed by atoms with van der Waals surface area (Å²) < 4.78 is 28.8. The summed E-state index contributed by atoms with van der Waals surface area (Å²) in [6.45, 7) is 12.0. The van der Waals surface area contributed by atoms with Crippen molar-refractivity contribution in [2.45, 2.75) is 258 Å². The summed E-state index contributed by atoms with van der Waals surface area (Å²) in [5, 5.41) is 17.5. The zero-order chi connectivity index (χ0) is 56.5.